The molecule has 1 aliphatic rings. The molecular formula is C71H75N4OPt-3. The summed E-state index contributed by atoms with van der Waals surface area (Å²) in [6.07, 6.45) is 4.20. The van der Waals surface area contributed by atoms with Crippen molar-refractivity contribution in [2.45, 2.75) is 137 Å². The van der Waals surface area contributed by atoms with Crippen LogP contribution in [-0.2, 0) is 42.7 Å². The molecule has 0 fully saturated rings. The van der Waals surface area contributed by atoms with Gasteiger partial charge < -0.3 is 19.1 Å². The molecule has 0 saturated heterocycles. The zero-order valence-corrected chi connectivity index (χ0v) is 50.1. The van der Waals surface area contributed by atoms with Gasteiger partial charge >= 0.3 is 0 Å². The summed E-state index contributed by atoms with van der Waals surface area (Å²) < 4.78 is 9.45. The topological polar surface area (TPSA) is 33.5 Å². The maximum atomic E-state index is 7.19. The standard InChI is InChI=1S/C71H75N4O.Pt/c1-46(2)59-27-22-28-60(47(3)4)67(59)49-35-56(74-45-73(44-65(74)48-23-18-16-19-24-48)55-38-53(69(8,9)10)37-54(39-55)70(11,12)13)42-58(36-49)76-57-30-31-61-62-40-52(71(14,15)50-25-20-17-21-26-50)29-32-63(62)75(64(61)43-57)66-41-51(33-34-72-66)68(5,6)7;/h16-41,44-47H,1-15H3;/q-3;. The van der Waals surface area contributed by atoms with Gasteiger partial charge in [0.25, 0.3) is 0 Å². The summed E-state index contributed by atoms with van der Waals surface area (Å²) in [7, 11) is 0. The number of nitrogens with zero attached hydrogens (tertiary/aromatic N) is 4. The Labute approximate surface area is 474 Å². The van der Waals surface area contributed by atoms with Crippen molar-refractivity contribution in [3.63, 3.8) is 0 Å². The largest absolute Gasteiger partial charge is 0.509 e. The quantitative estimate of drug-likeness (QED) is 0.121. The minimum Gasteiger partial charge on any atom is -0.509 e. The molecule has 10 rings (SSSR count). The van der Waals surface area contributed by atoms with E-state index in [9.17, 15) is 0 Å². The summed E-state index contributed by atoms with van der Waals surface area (Å²) in [6, 6.07) is 63.0. The third-order valence-electron chi connectivity index (χ3n) is 15.5. The predicted octanol–water partition coefficient (Wildman–Crippen LogP) is 19.1. The van der Waals surface area contributed by atoms with Crippen LogP contribution >= 0.6 is 0 Å². The third kappa shape index (κ3) is 11.0. The monoisotopic (exact) mass is 1190 g/mol. The summed E-state index contributed by atoms with van der Waals surface area (Å²) >= 11 is 0. The fraction of sp³-hybridized carbons (Fsp3) is 0.296. The molecular weight excluding hydrogens is 1120 g/mol. The van der Waals surface area contributed by atoms with Crippen LogP contribution in [0.4, 0.5) is 11.4 Å². The molecule has 0 aliphatic carbocycles. The molecule has 0 unspecified atom stereocenters. The average molecular weight is 1200 g/mol. The Bertz CT molecular complexity index is 3580. The summed E-state index contributed by atoms with van der Waals surface area (Å²) in [6.45, 7) is 36.5. The Hall–Kier alpha value is -6.68. The van der Waals surface area contributed by atoms with E-state index in [1.54, 1.807) is 0 Å². The third-order valence-corrected chi connectivity index (χ3v) is 15.5. The van der Waals surface area contributed by atoms with Gasteiger partial charge in [-0.25, -0.2) is 4.98 Å². The maximum Gasteiger partial charge on any atom is 0.135 e. The van der Waals surface area contributed by atoms with Gasteiger partial charge in [0.15, 0.2) is 0 Å². The van der Waals surface area contributed by atoms with Gasteiger partial charge in [0.2, 0.25) is 0 Å². The number of aromatic nitrogens is 2. The van der Waals surface area contributed by atoms with E-state index in [0.29, 0.717) is 11.5 Å². The van der Waals surface area contributed by atoms with Crippen LogP contribution < -0.4 is 14.5 Å². The molecule has 2 aromatic heterocycles. The van der Waals surface area contributed by atoms with Crippen LogP contribution in [0.3, 0.4) is 0 Å². The molecule has 0 amide bonds. The van der Waals surface area contributed by atoms with Crippen LogP contribution in [0.5, 0.6) is 11.5 Å². The van der Waals surface area contributed by atoms with Gasteiger partial charge in [-0.3, -0.25) is 0 Å². The molecule has 5 nitrogen and oxygen atoms in total. The zero-order chi connectivity index (χ0) is 54.1. The fourth-order valence-corrected chi connectivity index (χ4v) is 10.7. The SMILES string of the molecule is CC(C)c1cccc(C(C)C)c1-c1cc(Oc2[c-]c3c(cc2)c2cc(C(C)(C)c4ccccc4)ccc2n3-c2cc(C(C)(C)C)ccn2)[c-]c(N2[CH-]N(c3cc(C(C)(C)C)cc(C(C)(C)C)c3)C=C2c2ccccc2)c1.[Pt]. The zero-order valence-electron chi connectivity index (χ0n) is 47.8. The number of hydrogen-bond donors (Lipinski definition) is 0. The van der Waals surface area contributed by atoms with Crippen molar-refractivity contribution in [3.05, 3.63) is 227 Å². The molecule has 6 heteroatoms. The Morgan fingerprint density at radius 1 is 0.519 bits per heavy atom. The van der Waals surface area contributed by atoms with Gasteiger partial charge in [-0.2, -0.15) is 6.07 Å². The molecule has 0 saturated carbocycles. The van der Waals surface area contributed by atoms with E-state index >= 15 is 0 Å². The van der Waals surface area contributed by atoms with Crippen molar-refractivity contribution < 1.29 is 25.8 Å². The van der Waals surface area contributed by atoms with Crippen molar-refractivity contribution in [2.75, 3.05) is 9.80 Å². The Balaban J connectivity index is 0.00000722. The molecule has 7 aromatic carbocycles. The predicted molar refractivity (Wildman–Crippen MR) is 321 cm³/mol. The van der Waals surface area contributed by atoms with Crippen LogP contribution in [0.2, 0.25) is 0 Å². The van der Waals surface area contributed by atoms with E-state index in [4.69, 9.17) is 9.72 Å². The second-order valence-corrected chi connectivity index (χ2v) is 25.2. The normalized spacial score (nSPS) is 13.5. The Kier molecular flexibility index (Phi) is 15.0. The summed E-state index contributed by atoms with van der Waals surface area (Å²) in [5.41, 5.74) is 16.9. The number of ether oxygens (including phenoxy) is 1. The summed E-state index contributed by atoms with van der Waals surface area (Å²) in [5, 5.41) is 2.22. The molecule has 3 heterocycles. The number of rotatable bonds is 11. The molecule has 398 valence electrons. The first-order chi connectivity index (χ1) is 35.9. The van der Waals surface area contributed by atoms with Crippen molar-refractivity contribution in [1.82, 2.24) is 9.55 Å². The Morgan fingerprint density at radius 2 is 1.14 bits per heavy atom. The van der Waals surface area contributed by atoms with Crippen LogP contribution in [0, 0.1) is 18.8 Å². The van der Waals surface area contributed by atoms with E-state index in [-0.39, 0.29) is 54.6 Å². The Morgan fingerprint density at radius 3 is 1.75 bits per heavy atom. The van der Waals surface area contributed by atoms with Gasteiger partial charge in [0.1, 0.15) is 5.82 Å². The molecule has 0 atom stereocenters. The van der Waals surface area contributed by atoms with Crippen molar-refractivity contribution in [3.8, 4) is 28.4 Å². The van der Waals surface area contributed by atoms with E-state index in [1.807, 2.05) is 6.20 Å². The number of pyridine rings is 1. The van der Waals surface area contributed by atoms with E-state index in [1.165, 1.54) is 44.5 Å². The second-order valence-electron chi connectivity index (χ2n) is 25.2. The molecule has 0 N–H and O–H groups in total. The van der Waals surface area contributed by atoms with Crippen molar-refractivity contribution >= 4 is 38.9 Å². The van der Waals surface area contributed by atoms with Crippen molar-refractivity contribution in [2.24, 2.45) is 0 Å². The molecule has 0 spiro atoms. The van der Waals surface area contributed by atoms with Gasteiger partial charge in [-0.15, -0.1) is 53.6 Å². The first kappa shape index (κ1) is 55.1. The van der Waals surface area contributed by atoms with Gasteiger partial charge in [0.05, 0.1) is 0 Å². The number of hydrogen-bond acceptors (Lipinski definition) is 4. The molecule has 0 radical (unpaired) electrons. The van der Waals surface area contributed by atoms with E-state index in [2.05, 4.69) is 295 Å². The van der Waals surface area contributed by atoms with Crippen LogP contribution in [0.15, 0.2) is 164 Å². The minimum absolute atomic E-state index is 0. The van der Waals surface area contributed by atoms with Crippen LogP contribution in [0.1, 0.15) is 160 Å². The van der Waals surface area contributed by atoms with E-state index in [0.717, 1.165) is 55.8 Å². The minimum atomic E-state index is -0.228. The molecule has 9 aromatic rings. The molecule has 1 aliphatic heterocycles. The molecule has 0 bridgehead atoms. The van der Waals surface area contributed by atoms with Gasteiger partial charge in [-0.1, -0.05) is 206 Å². The second kappa shape index (κ2) is 20.9. The summed E-state index contributed by atoms with van der Waals surface area (Å²) in [5.74, 6) is 2.60. The van der Waals surface area contributed by atoms with Crippen molar-refractivity contribution in [1.29, 1.82) is 0 Å². The van der Waals surface area contributed by atoms with Crippen LogP contribution in [-0.4, -0.2) is 9.55 Å². The van der Waals surface area contributed by atoms with Crippen LogP contribution in [0.25, 0.3) is 44.4 Å². The maximum absolute atomic E-state index is 7.19. The summed E-state index contributed by atoms with van der Waals surface area (Å²) in [4.78, 5) is 9.61. The first-order valence-electron chi connectivity index (χ1n) is 27.2. The smallest absolute Gasteiger partial charge is 0.135 e. The number of fused-ring (bicyclic) bond motifs is 3. The average Bonchev–Trinajstić information content (AvgIpc) is 4.01. The number of benzene rings is 7. The van der Waals surface area contributed by atoms with Gasteiger partial charge in [0, 0.05) is 61.1 Å². The van der Waals surface area contributed by atoms with E-state index < -0.39 is 0 Å². The first-order valence-corrected chi connectivity index (χ1v) is 27.2. The van der Waals surface area contributed by atoms with Gasteiger partial charge in [-0.05, 0) is 120 Å². The fourth-order valence-electron chi connectivity index (χ4n) is 10.7. The number of anilines is 2. The molecule has 77 heavy (non-hydrogen) atoms.